The number of nitrogens with one attached hydrogen (secondary N) is 2. The number of hydrogen-bond donors (Lipinski definition) is 2. The van der Waals surface area contributed by atoms with E-state index in [2.05, 4.69) is 15.7 Å². The largest absolute Gasteiger partial charge is 0.493 e. The topological polar surface area (TPSA) is 115 Å². The highest BCUT2D eigenvalue weighted by atomic mass is 16.5. The Labute approximate surface area is 215 Å². The molecular weight excluding hydrogens is 474 g/mol. The van der Waals surface area contributed by atoms with E-state index in [1.165, 1.54) is 22.8 Å². The fourth-order valence-electron chi connectivity index (χ4n) is 4.28. The van der Waals surface area contributed by atoms with Crippen LogP contribution in [0.2, 0.25) is 0 Å². The number of aromatic nitrogens is 2. The van der Waals surface area contributed by atoms with Gasteiger partial charge < -0.3 is 25.0 Å². The summed E-state index contributed by atoms with van der Waals surface area (Å²) < 4.78 is 12.1. The molecule has 0 radical (unpaired) electrons. The molecule has 3 amide bonds. The minimum absolute atomic E-state index is 0.0860. The predicted octanol–water partition coefficient (Wildman–Crippen LogP) is 2.30. The number of para-hydroxylation sites is 1. The summed E-state index contributed by atoms with van der Waals surface area (Å²) in [6, 6.07) is 14.7. The Kier molecular flexibility index (Phi) is 7.19. The second-order valence-electron chi connectivity index (χ2n) is 9.21. The molecule has 1 aliphatic heterocycles. The molecule has 10 nitrogen and oxygen atoms in total. The second-order valence-corrected chi connectivity index (χ2v) is 9.21. The van der Waals surface area contributed by atoms with Gasteiger partial charge in [0.1, 0.15) is 11.2 Å². The van der Waals surface area contributed by atoms with Crippen LogP contribution in [-0.4, -0.2) is 59.2 Å². The highest BCUT2D eigenvalue weighted by Crippen LogP contribution is 2.31. The van der Waals surface area contributed by atoms with Gasteiger partial charge in [-0.1, -0.05) is 42.0 Å². The molecule has 2 heterocycles. The Bertz CT molecular complexity index is 1330. The van der Waals surface area contributed by atoms with Crippen molar-refractivity contribution < 1.29 is 23.9 Å². The number of hydrogen-bond acceptors (Lipinski definition) is 6. The van der Waals surface area contributed by atoms with E-state index >= 15 is 0 Å². The summed E-state index contributed by atoms with van der Waals surface area (Å²) in [5.41, 5.74) is 1.97. The zero-order chi connectivity index (χ0) is 26.7. The zero-order valence-corrected chi connectivity index (χ0v) is 21.6. The molecule has 1 aliphatic rings. The summed E-state index contributed by atoms with van der Waals surface area (Å²) in [6.07, 6.45) is 0. The molecule has 3 aromatic rings. The van der Waals surface area contributed by atoms with Gasteiger partial charge in [-0.3, -0.25) is 19.1 Å². The van der Waals surface area contributed by atoms with E-state index in [1.54, 1.807) is 33.2 Å². The van der Waals surface area contributed by atoms with E-state index in [4.69, 9.17) is 9.47 Å². The molecule has 2 N–H and O–H groups in total. The van der Waals surface area contributed by atoms with Crippen molar-refractivity contribution in [3.8, 4) is 11.5 Å². The number of benzene rings is 2. The smallest absolute Gasteiger partial charge is 0.272 e. The lowest BCUT2D eigenvalue weighted by molar-refractivity contribution is -0.132. The van der Waals surface area contributed by atoms with Crippen LogP contribution in [-0.2, 0) is 24.4 Å². The van der Waals surface area contributed by atoms with Crippen LogP contribution in [0.1, 0.15) is 44.6 Å². The first-order valence-electron chi connectivity index (χ1n) is 11.9. The maximum Gasteiger partial charge on any atom is 0.272 e. The first kappa shape index (κ1) is 25.7. The summed E-state index contributed by atoms with van der Waals surface area (Å²) >= 11 is 0. The number of fused-ring (bicyclic) bond motifs is 1. The third-order valence-corrected chi connectivity index (χ3v) is 6.72. The maximum absolute atomic E-state index is 13.2. The van der Waals surface area contributed by atoms with Gasteiger partial charge in [-0.2, -0.15) is 5.10 Å². The van der Waals surface area contributed by atoms with Crippen molar-refractivity contribution in [1.29, 1.82) is 0 Å². The van der Waals surface area contributed by atoms with Crippen LogP contribution in [0.15, 0.2) is 48.5 Å². The van der Waals surface area contributed by atoms with E-state index in [0.29, 0.717) is 18.0 Å². The normalized spacial score (nSPS) is 16.7. The minimum atomic E-state index is -1.18. The van der Waals surface area contributed by atoms with E-state index in [9.17, 15) is 14.4 Å². The van der Waals surface area contributed by atoms with Gasteiger partial charge in [-0.15, -0.1) is 0 Å². The molecule has 0 aliphatic carbocycles. The van der Waals surface area contributed by atoms with Crippen LogP contribution in [0.5, 0.6) is 11.5 Å². The zero-order valence-electron chi connectivity index (χ0n) is 21.6. The number of carbonyl (C=O) groups excluding carboxylic acids is 3. The van der Waals surface area contributed by atoms with E-state index in [1.807, 2.05) is 37.3 Å². The van der Waals surface area contributed by atoms with Crippen molar-refractivity contribution in [3.05, 3.63) is 76.6 Å². The van der Waals surface area contributed by atoms with Crippen molar-refractivity contribution >= 4 is 17.7 Å². The van der Waals surface area contributed by atoms with Crippen molar-refractivity contribution in [2.75, 3.05) is 21.3 Å². The molecule has 194 valence electrons. The van der Waals surface area contributed by atoms with Gasteiger partial charge in [-0.25, -0.2) is 0 Å². The van der Waals surface area contributed by atoms with Crippen molar-refractivity contribution in [2.45, 2.75) is 39.0 Å². The molecule has 0 fully saturated rings. The Morgan fingerprint density at radius 2 is 1.78 bits per heavy atom. The number of ether oxygens (including phenoxy) is 2. The Balaban J connectivity index is 1.47. The van der Waals surface area contributed by atoms with Gasteiger partial charge in [-0.05, 0) is 25.5 Å². The monoisotopic (exact) mass is 505 g/mol. The fraction of sp³-hybridized carbons (Fsp3) is 0.333. The first-order chi connectivity index (χ1) is 17.7. The third kappa shape index (κ3) is 5.00. The standard InChI is InChI=1S/C27H31N5O5/c1-17-9-11-18(12-10-17)14-29-26(35)27(2)16-32-21(25(34)31(27)3)13-20(30-32)24(33)28-15-19-7-6-8-22(36-4)23(19)37-5/h6-13H,14-16H2,1-5H3,(H,28,33)(H,29,35)/t27-/m1/s1. The van der Waals surface area contributed by atoms with Crippen molar-refractivity contribution in [2.24, 2.45) is 0 Å². The molecule has 4 rings (SSSR count). The number of likely N-dealkylation sites (N-methyl/N-ethyl adjacent to an activating group) is 1. The summed E-state index contributed by atoms with van der Waals surface area (Å²) in [4.78, 5) is 40.6. The predicted molar refractivity (Wildman–Crippen MR) is 136 cm³/mol. The quantitative estimate of drug-likeness (QED) is 0.486. The van der Waals surface area contributed by atoms with Gasteiger partial charge in [0, 0.05) is 31.8 Å². The Morgan fingerprint density at radius 1 is 1.05 bits per heavy atom. The highest BCUT2D eigenvalue weighted by molar-refractivity contribution is 6.01. The summed E-state index contributed by atoms with van der Waals surface area (Å²) in [7, 11) is 4.65. The lowest BCUT2D eigenvalue weighted by atomic mass is 9.95. The minimum Gasteiger partial charge on any atom is -0.493 e. The van der Waals surface area contributed by atoms with Crippen molar-refractivity contribution in [3.63, 3.8) is 0 Å². The molecule has 0 spiro atoms. The van der Waals surface area contributed by atoms with Gasteiger partial charge in [0.25, 0.3) is 11.8 Å². The molecular formula is C27H31N5O5. The van der Waals surface area contributed by atoms with Gasteiger partial charge in [0.15, 0.2) is 17.2 Å². The molecule has 10 heteroatoms. The molecule has 0 unspecified atom stereocenters. The van der Waals surface area contributed by atoms with Crippen LogP contribution in [0.4, 0.5) is 0 Å². The van der Waals surface area contributed by atoms with E-state index in [0.717, 1.165) is 16.7 Å². The van der Waals surface area contributed by atoms with E-state index < -0.39 is 11.4 Å². The third-order valence-electron chi connectivity index (χ3n) is 6.72. The second kappa shape index (κ2) is 10.3. The Morgan fingerprint density at radius 3 is 2.46 bits per heavy atom. The molecule has 37 heavy (non-hydrogen) atoms. The number of carbonyl (C=O) groups is 3. The number of methoxy groups -OCH3 is 2. The lowest BCUT2D eigenvalue weighted by Gasteiger charge is -2.40. The van der Waals surface area contributed by atoms with Gasteiger partial charge in [0.2, 0.25) is 5.91 Å². The number of aryl methyl sites for hydroxylation is 1. The molecule has 1 atom stereocenters. The average Bonchev–Trinajstić information content (AvgIpc) is 3.33. The van der Waals surface area contributed by atoms with Crippen LogP contribution in [0.25, 0.3) is 0 Å². The van der Waals surface area contributed by atoms with Gasteiger partial charge >= 0.3 is 0 Å². The molecule has 0 bridgehead atoms. The molecule has 1 aromatic heterocycles. The summed E-state index contributed by atoms with van der Waals surface area (Å²) in [6.45, 7) is 4.31. The molecule has 2 aromatic carbocycles. The van der Waals surface area contributed by atoms with Crippen LogP contribution < -0.4 is 20.1 Å². The van der Waals surface area contributed by atoms with Crippen LogP contribution in [0, 0.1) is 6.92 Å². The van der Waals surface area contributed by atoms with Crippen LogP contribution >= 0.6 is 0 Å². The summed E-state index contributed by atoms with van der Waals surface area (Å²) in [5.74, 6) is -0.0619. The van der Waals surface area contributed by atoms with Crippen molar-refractivity contribution in [1.82, 2.24) is 25.3 Å². The van der Waals surface area contributed by atoms with Gasteiger partial charge in [0.05, 0.1) is 20.8 Å². The maximum atomic E-state index is 13.2. The summed E-state index contributed by atoms with van der Waals surface area (Å²) in [5, 5.41) is 10.1. The average molecular weight is 506 g/mol. The van der Waals surface area contributed by atoms with Crippen LogP contribution in [0.3, 0.4) is 0 Å². The SMILES string of the molecule is COc1cccc(CNC(=O)c2cc3n(n2)C[C@](C)(C(=O)NCc2ccc(C)cc2)N(C)C3=O)c1OC. The fourth-order valence-corrected chi connectivity index (χ4v) is 4.28. The number of nitrogens with zero attached hydrogens (tertiary/aromatic N) is 3. The number of rotatable bonds is 8. The Hall–Kier alpha value is -4.34. The van der Waals surface area contributed by atoms with E-state index in [-0.39, 0.29) is 36.3 Å². The first-order valence-corrected chi connectivity index (χ1v) is 11.9. The molecule has 0 saturated heterocycles. The number of amides is 3. The lowest BCUT2D eigenvalue weighted by Crippen LogP contribution is -2.62. The highest BCUT2D eigenvalue weighted by Gasteiger charge is 2.46. The molecule has 0 saturated carbocycles.